The fourth-order valence-corrected chi connectivity index (χ4v) is 2.70. The van der Waals surface area contributed by atoms with Crippen molar-refractivity contribution in [1.82, 2.24) is 0 Å². The molecule has 0 atom stereocenters. The van der Waals surface area contributed by atoms with Crippen LogP contribution < -0.4 is 0 Å². The molecule has 0 saturated heterocycles. The number of hydrogen-bond acceptors (Lipinski definition) is 2. The van der Waals surface area contributed by atoms with Gasteiger partial charge in [-0.15, -0.1) is 0 Å². The molecule has 0 N–H and O–H groups in total. The minimum absolute atomic E-state index is 0.0411. The third-order valence-electron chi connectivity index (χ3n) is 3.54. The van der Waals surface area contributed by atoms with Crippen LogP contribution in [0.15, 0.2) is 4.99 Å². The van der Waals surface area contributed by atoms with E-state index in [-0.39, 0.29) is 5.54 Å². The van der Waals surface area contributed by atoms with E-state index in [0.29, 0.717) is 5.92 Å². The van der Waals surface area contributed by atoms with Crippen molar-refractivity contribution < 1.29 is 4.79 Å². The van der Waals surface area contributed by atoms with Gasteiger partial charge in [0.15, 0.2) is 0 Å². The summed E-state index contributed by atoms with van der Waals surface area (Å²) in [5, 5.41) is 0. The maximum Gasteiger partial charge on any atom is 0.235 e. The fraction of sp³-hybridized carbons (Fsp3) is 0.900. The average molecular weight is 165 g/mol. The summed E-state index contributed by atoms with van der Waals surface area (Å²) in [5.74, 6) is 1.47. The Labute approximate surface area is 73.1 Å². The Bertz CT molecular complexity index is 220. The van der Waals surface area contributed by atoms with E-state index in [1.807, 2.05) is 0 Å². The van der Waals surface area contributed by atoms with Crippen molar-refractivity contribution in [3.63, 3.8) is 0 Å². The van der Waals surface area contributed by atoms with E-state index >= 15 is 0 Å². The monoisotopic (exact) mass is 165 g/mol. The molecule has 0 radical (unpaired) electrons. The molecular formula is C10H15NO. The molecule has 2 aliphatic carbocycles. The van der Waals surface area contributed by atoms with Gasteiger partial charge in [-0.1, -0.05) is 13.3 Å². The number of carbonyl (C=O) groups excluding carboxylic acids is 1. The first-order valence-electron chi connectivity index (χ1n) is 4.86. The normalized spacial score (nSPS) is 40.9. The van der Waals surface area contributed by atoms with Crippen LogP contribution in [0.2, 0.25) is 0 Å². The maximum atomic E-state index is 10.3. The molecule has 2 nitrogen and oxygen atoms in total. The number of nitrogens with zero attached hydrogens (tertiary/aromatic N) is 1. The molecule has 2 fully saturated rings. The van der Waals surface area contributed by atoms with Crippen molar-refractivity contribution >= 4 is 6.08 Å². The first kappa shape index (κ1) is 8.00. The van der Waals surface area contributed by atoms with Crippen LogP contribution in [-0.4, -0.2) is 11.6 Å². The van der Waals surface area contributed by atoms with Crippen LogP contribution in [0.25, 0.3) is 0 Å². The Balaban J connectivity index is 2.07. The SMILES string of the molecule is CC1CC(N=C=O)(C2CCC2)C1. The van der Waals surface area contributed by atoms with Crippen molar-refractivity contribution in [3.05, 3.63) is 0 Å². The van der Waals surface area contributed by atoms with Gasteiger partial charge in [-0.05, 0) is 37.5 Å². The van der Waals surface area contributed by atoms with Crippen LogP contribution in [-0.2, 0) is 4.79 Å². The Morgan fingerprint density at radius 1 is 1.42 bits per heavy atom. The highest BCUT2D eigenvalue weighted by Crippen LogP contribution is 2.52. The van der Waals surface area contributed by atoms with E-state index in [2.05, 4.69) is 11.9 Å². The Kier molecular flexibility index (Phi) is 1.80. The maximum absolute atomic E-state index is 10.3. The van der Waals surface area contributed by atoms with Gasteiger partial charge in [-0.3, -0.25) is 0 Å². The summed E-state index contributed by atoms with van der Waals surface area (Å²) in [6.07, 6.45) is 7.87. The molecule has 0 heterocycles. The lowest BCUT2D eigenvalue weighted by molar-refractivity contribution is 0.0490. The highest BCUT2D eigenvalue weighted by Gasteiger charge is 2.49. The van der Waals surface area contributed by atoms with Crippen molar-refractivity contribution in [2.24, 2.45) is 16.8 Å². The van der Waals surface area contributed by atoms with E-state index in [4.69, 9.17) is 0 Å². The smallest absolute Gasteiger partial charge is 0.211 e. The predicted molar refractivity (Wildman–Crippen MR) is 46.6 cm³/mol. The molecule has 0 bridgehead atoms. The molecule has 0 aliphatic heterocycles. The van der Waals surface area contributed by atoms with Gasteiger partial charge < -0.3 is 0 Å². The van der Waals surface area contributed by atoms with Gasteiger partial charge >= 0.3 is 0 Å². The summed E-state index contributed by atoms with van der Waals surface area (Å²) in [7, 11) is 0. The molecule has 0 aromatic rings. The molecule has 0 unspecified atom stereocenters. The second-order valence-electron chi connectivity index (χ2n) is 4.45. The molecule has 0 aromatic carbocycles. The zero-order valence-electron chi connectivity index (χ0n) is 7.55. The Hall–Kier alpha value is -0.620. The van der Waals surface area contributed by atoms with Gasteiger partial charge in [0.05, 0.1) is 5.54 Å². The molecular weight excluding hydrogens is 150 g/mol. The van der Waals surface area contributed by atoms with E-state index < -0.39 is 0 Å². The van der Waals surface area contributed by atoms with E-state index in [1.54, 1.807) is 6.08 Å². The lowest BCUT2D eigenvalue weighted by Crippen LogP contribution is -2.49. The topological polar surface area (TPSA) is 29.4 Å². The molecule has 0 aromatic heterocycles. The van der Waals surface area contributed by atoms with Crippen LogP contribution in [0.4, 0.5) is 0 Å². The first-order valence-corrected chi connectivity index (χ1v) is 4.86. The molecule has 0 spiro atoms. The Morgan fingerprint density at radius 3 is 2.42 bits per heavy atom. The van der Waals surface area contributed by atoms with Gasteiger partial charge in [-0.25, -0.2) is 4.79 Å². The third kappa shape index (κ3) is 1.02. The number of rotatable bonds is 2. The second kappa shape index (κ2) is 2.70. The molecule has 12 heavy (non-hydrogen) atoms. The fourth-order valence-electron chi connectivity index (χ4n) is 2.70. The highest BCUT2D eigenvalue weighted by molar-refractivity contribution is 5.36. The second-order valence-corrected chi connectivity index (χ2v) is 4.45. The molecule has 0 amide bonds. The largest absolute Gasteiger partial charge is 0.235 e. The number of isocyanates is 1. The molecule has 2 aliphatic rings. The quantitative estimate of drug-likeness (QED) is 0.456. The van der Waals surface area contributed by atoms with Gasteiger partial charge in [0.2, 0.25) is 6.08 Å². The minimum Gasteiger partial charge on any atom is -0.211 e. The molecule has 66 valence electrons. The van der Waals surface area contributed by atoms with E-state index in [9.17, 15) is 4.79 Å². The number of aliphatic imine (C=N–C) groups is 1. The van der Waals surface area contributed by atoms with Crippen LogP contribution in [0, 0.1) is 11.8 Å². The molecule has 2 saturated carbocycles. The standard InChI is InChI=1S/C10H15NO/c1-8-5-10(6-8,11-7-12)9-3-2-4-9/h8-9H,2-6H2,1H3. The summed E-state index contributed by atoms with van der Waals surface area (Å²) in [5.41, 5.74) is 0.0411. The summed E-state index contributed by atoms with van der Waals surface area (Å²) < 4.78 is 0. The van der Waals surface area contributed by atoms with Crippen molar-refractivity contribution in [2.45, 2.75) is 44.6 Å². The van der Waals surface area contributed by atoms with E-state index in [1.165, 1.54) is 19.3 Å². The molecule has 2 heteroatoms. The molecule has 2 rings (SSSR count). The third-order valence-corrected chi connectivity index (χ3v) is 3.54. The average Bonchev–Trinajstić information content (AvgIpc) is 1.80. The van der Waals surface area contributed by atoms with Crippen molar-refractivity contribution in [3.8, 4) is 0 Å². The summed E-state index contributed by atoms with van der Waals surface area (Å²) in [6, 6.07) is 0. The van der Waals surface area contributed by atoms with Crippen molar-refractivity contribution in [2.75, 3.05) is 0 Å². The predicted octanol–water partition coefficient (Wildman–Crippen LogP) is 2.29. The lowest BCUT2D eigenvalue weighted by atomic mass is 9.57. The zero-order valence-corrected chi connectivity index (χ0v) is 7.55. The van der Waals surface area contributed by atoms with Gasteiger partial charge in [-0.2, -0.15) is 4.99 Å². The van der Waals surface area contributed by atoms with Crippen LogP contribution in [0.1, 0.15) is 39.0 Å². The zero-order chi connectivity index (χ0) is 8.60. The summed E-state index contributed by atoms with van der Waals surface area (Å²) in [4.78, 5) is 14.3. The minimum atomic E-state index is 0.0411. The van der Waals surface area contributed by atoms with Crippen LogP contribution in [0.3, 0.4) is 0 Å². The number of hydrogen-bond donors (Lipinski definition) is 0. The summed E-state index contributed by atoms with van der Waals surface area (Å²) in [6.45, 7) is 2.23. The Morgan fingerprint density at radius 2 is 2.08 bits per heavy atom. The van der Waals surface area contributed by atoms with E-state index in [0.717, 1.165) is 18.8 Å². The lowest BCUT2D eigenvalue weighted by Gasteiger charge is -2.50. The van der Waals surface area contributed by atoms with Crippen molar-refractivity contribution in [1.29, 1.82) is 0 Å². The first-order chi connectivity index (χ1) is 5.77. The van der Waals surface area contributed by atoms with Gasteiger partial charge in [0, 0.05) is 0 Å². The highest BCUT2D eigenvalue weighted by atomic mass is 16.1. The van der Waals surface area contributed by atoms with Crippen LogP contribution in [0.5, 0.6) is 0 Å². The summed E-state index contributed by atoms with van der Waals surface area (Å²) >= 11 is 0. The van der Waals surface area contributed by atoms with Crippen LogP contribution >= 0.6 is 0 Å². The van der Waals surface area contributed by atoms with Gasteiger partial charge in [0.25, 0.3) is 0 Å². The van der Waals surface area contributed by atoms with Gasteiger partial charge in [0.1, 0.15) is 0 Å².